The van der Waals surface area contributed by atoms with Crippen molar-refractivity contribution in [1.29, 1.82) is 0 Å². The number of benzene rings is 2. The molecule has 2 aromatic rings. The normalized spacial score (nSPS) is 18.9. The van der Waals surface area contributed by atoms with Gasteiger partial charge in [0.05, 0.1) is 10.7 Å². The number of amides is 4. The monoisotopic (exact) mass is 399 g/mol. The molecule has 1 aliphatic heterocycles. The second kappa shape index (κ2) is 8.02. The zero-order valence-electron chi connectivity index (χ0n) is 15.8. The van der Waals surface area contributed by atoms with Gasteiger partial charge in [0.2, 0.25) is 5.91 Å². The molecule has 146 valence electrons. The van der Waals surface area contributed by atoms with Crippen molar-refractivity contribution in [2.24, 2.45) is 0 Å². The van der Waals surface area contributed by atoms with Gasteiger partial charge in [0.15, 0.2) is 0 Å². The number of hydrogen-bond donors (Lipinski definition) is 2. The zero-order valence-corrected chi connectivity index (χ0v) is 16.5. The molecule has 0 saturated carbocycles. The fraction of sp³-hybridized carbons (Fsp3) is 0.286. The van der Waals surface area contributed by atoms with Crippen LogP contribution in [-0.4, -0.2) is 34.8 Å². The van der Waals surface area contributed by atoms with Crippen LogP contribution < -0.4 is 10.6 Å². The maximum absolute atomic E-state index is 12.8. The number of hydrogen-bond acceptors (Lipinski definition) is 3. The molecule has 7 heteroatoms. The Kier molecular flexibility index (Phi) is 5.70. The number of carbonyl (C=O) groups excluding carboxylic acids is 3. The number of carbonyl (C=O) groups is 3. The van der Waals surface area contributed by atoms with Crippen LogP contribution >= 0.6 is 11.6 Å². The Morgan fingerprint density at radius 2 is 1.89 bits per heavy atom. The molecule has 1 fully saturated rings. The SMILES string of the molecule is Cc1ccc(NC(=O)CN2C(=O)N[C@](C)(CCc3ccccc3)C2=O)c(Cl)c1. The number of nitrogens with zero attached hydrogens (tertiary/aromatic N) is 1. The molecule has 0 aliphatic carbocycles. The van der Waals surface area contributed by atoms with E-state index in [0.717, 1.165) is 16.0 Å². The van der Waals surface area contributed by atoms with Crippen LogP contribution in [-0.2, 0) is 16.0 Å². The summed E-state index contributed by atoms with van der Waals surface area (Å²) in [6, 6.07) is 14.4. The Labute approximate surface area is 168 Å². The van der Waals surface area contributed by atoms with Gasteiger partial charge in [-0.3, -0.25) is 14.5 Å². The van der Waals surface area contributed by atoms with Crippen molar-refractivity contribution in [3.8, 4) is 0 Å². The molecule has 1 heterocycles. The minimum Gasteiger partial charge on any atom is -0.323 e. The number of nitrogens with one attached hydrogen (secondary N) is 2. The lowest BCUT2D eigenvalue weighted by atomic mass is 9.93. The third-order valence-electron chi connectivity index (χ3n) is 4.80. The van der Waals surface area contributed by atoms with Crippen LogP contribution in [0.1, 0.15) is 24.5 Å². The van der Waals surface area contributed by atoms with E-state index < -0.39 is 23.4 Å². The molecule has 2 N–H and O–H groups in total. The highest BCUT2D eigenvalue weighted by Gasteiger charge is 2.47. The van der Waals surface area contributed by atoms with E-state index >= 15 is 0 Å². The maximum atomic E-state index is 12.8. The van der Waals surface area contributed by atoms with E-state index in [9.17, 15) is 14.4 Å². The number of anilines is 1. The quantitative estimate of drug-likeness (QED) is 0.729. The molecular formula is C21H22ClN3O3. The summed E-state index contributed by atoms with van der Waals surface area (Å²) in [4.78, 5) is 38.4. The van der Waals surface area contributed by atoms with Gasteiger partial charge in [-0.15, -0.1) is 0 Å². The van der Waals surface area contributed by atoms with Gasteiger partial charge in [0.25, 0.3) is 5.91 Å². The van der Waals surface area contributed by atoms with Crippen LogP contribution in [0.2, 0.25) is 5.02 Å². The zero-order chi connectivity index (χ0) is 20.3. The third kappa shape index (κ3) is 4.34. The first-order valence-corrected chi connectivity index (χ1v) is 9.40. The second-order valence-corrected chi connectivity index (χ2v) is 7.58. The van der Waals surface area contributed by atoms with Crippen molar-refractivity contribution < 1.29 is 14.4 Å². The maximum Gasteiger partial charge on any atom is 0.325 e. The van der Waals surface area contributed by atoms with Gasteiger partial charge in [-0.2, -0.15) is 0 Å². The molecule has 6 nitrogen and oxygen atoms in total. The Balaban J connectivity index is 1.63. The first kappa shape index (κ1) is 19.9. The molecule has 0 spiro atoms. The molecule has 28 heavy (non-hydrogen) atoms. The van der Waals surface area contributed by atoms with Crippen LogP contribution in [0.25, 0.3) is 0 Å². The molecule has 2 aromatic carbocycles. The Morgan fingerprint density at radius 3 is 2.57 bits per heavy atom. The third-order valence-corrected chi connectivity index (χ3v) is 5.11. The van der Waals surface area contributed by atoms with Crippen molar-refractivity contribution in [1.82, 2.24) is 10.2 Å². The summed E-state index contributed by atoms with van der Waals surface area (Å²) < 4.78 is 0. The second-order valence-electron chi connectivity index (χ2n) is 7.17. The minimum absolute atomic E-state index is 0.365. The molecule has 4 amide bonds. The number of aryl methyl sites for hydroxylation is 2. The van der Waals surface area contributed by atoms with Gasteiger partial charge >= 0.3 is 6.03 Å². The van der Waals surface area contributed by atoms with Crippen LogP contribution in [0.5, 0.6) is 0 Å². The van der Waals surface area contributed by atoms with Gasteiger partial charge in [-0.05, 0) is 49.9 Å². The van der Waals surface area contributed by atoms with E-state index in [2.05, 4.69) is 10.6 Å². The summed E-state index contributed by atoms with van der Waals surface area (Å²) in [5.41, 5.74) is 1.45. The van der Waals surface area contributed by atoms with Crippen molar-refractivity contribution in [3.63, 3.8) is 0 Å². The summed E-state index contributed by atoms with van der Waals surface area (Å²) >= 11 is 6.12. The Bertz CT molecular complexity index is 916. The predicted octanol–water partition coefficient (Wildman–Crippen LogP) is 3.53. The van der Waals surface area contributed by atoms with Crippen LogP contribution in [0.15, 0.2) is 48.5 Å². The summed E-state index contributed by atoms with van der Waals surface area (Å²) in [6.45, 7) is 3.21. The lowest BCUT2D eigenvalue weighted by Gasteiger charge is -2.21. The fourth-order valence-electron chi connectivity index (χ4n) is 3.15. The molecule has 0 bridgehead atoms. The van der Waals surface area contributed by atoms with Gasteiger partial charge in [-0.25, -0.2) is 4.79 Å². The Morgan fingerprint density at radius 1 is 1.18 bits per heavy atom. The number of urea groups is 1. The van der Waals surface area contributed by atoms with Crippen molar-refractivity contribution in [2.45, 2.75) is 32.2 Å². The van der Waals surface area contributed by atoms with E-state index in [-0.39, 0.29) is 6.54 Å². The average molecular weight is 400 g/mol. The highest BCUT2D eigenvalue weighted by atomic mass is 35.5. The van der Waals surface area contributed by atoms with E-state index in [1.165, 1.54) is 0 Å². The number of imide groups is 1. The van der Waals surface area contributed by atoms with E-state index in [0.29, 0.717) is 23.6 Å². The molecular weight excluding hydrogens is 378 g/mol. The molecule has 1 saturated heterocycles. The summed E-state index contributed by atoms with van der Waals surface area (Å²) in [5, 5.41) is 5.77. The summed E-state index contributed by atoms with van der Waals surface area (Å²) in [6.07, 6.45) is 1.09. The Hall–Kier alpha value is -2.86. The van der Waals surface area contributed by atoms with E-state index in [1.807, 2.05) is 43.3 Å². The molecule has 3 rings (SSSR count). The number of halogens is 1. The largest absolute Gasteiger partial charge is 0.325 e. The highest BCUT2D eigenvalue weighted by Crippen LogP contribution is 2.25. The highest BCUT2D eigenvalue weighted by molar-refractivity contribution is 6.33. The molecule has 0 radical (unpaired) electrons. The van der Waals surface area contributed by atoms with Crippen molar-refractivity contribution in [2.75, 3.05) is 11.9 Å². The smallest absolute Gasteiger partial charge is 0.323 e. The first-order chi connectivity index (χ1) is 13.3. The minimum atomic E-state index is -1.03. The average Bonchev–Trinajstić information content (AvgIpc) is 2.87. The van der Waals surface area contributed by atoms with Gasteiger partial charge in [-0.1, -0.05) is 48.0 Å². The van der Waals surface area contributed by atoms with Gasteiger partial charge in [0.1, 0.15) is 12.1 Å². The van der Waals surface area contributed by atoms with Crippen LogP contribution in [0.3, 0.4) is 0 Å². The summed E-state index contributed by atoms with van der Waals surface area (Å²) in [7, 11) is 0. The molecule has 1 aliphatic rings. The molecule has 1 atom stereocenters. The number of rotatable bonds is 6. The first-order valence-electron chi connectivity index (χ1n) is 9.02. The van der Waals surface area contributed by atoms with Gasteiger partial charge in [0, 0.05) is 0 Å². The molecule has 0 unspecified atom stereocenters. The van der Waals surface area contributed by atoms with E-state index in [4.69, 9.17) is 11.6 Å². The lowest BCUT2D eigenvalue weighted by molar-refractivity contribution is -0.133. The van der Waals surface area contributed by atoms with Crippen molar-refractivity contribution >= 4 is 35.1 Å². The van der Waals surface area contributed by atoms with Crippen LogP contribution in [0.4, 0.5) is 10.5 Å². The lowest BCUT2D eigenvalue weighted by Crippen LogP contribution is -2.45. The van der Waals surface area contributed by atoms with Gasteiger partial charge < -0.3 is 10.6 Å². The van der Waals surface area contributed by atoms with Crippen LogP contribution in [0, 0.1) is 6.92 Å². The predicted molar refractivity (Wildman–Crippen MR) is 108 cm³/mol. The topological polar surface area (TPSA) is 78.5 Å². The molecule has 0 aromatic heterocycles. The summed E-state index contributed by atoms with van der Waals surface area (Å²) in [5.74, 6) is -0.889. The van der Waals surface area contributed by atoms with Crippen molar-refractivity contribution in [3.05, 3.63) is 64.7 Å². The fourth-order valence-corrected chi connectivity index (χ4v) is 3.44. The standard InChI is InChI=1S/C21H22ClN3O3/c1-14-8-9-17(16(22)12-14)23-18(26)13-25-19(27)21(2,24-20(25)28)11-10-15-6-4-3-5-7-15/h3-9,12H,10-11,13H2,1-2H3,(H,23,26)(H,24,28)/t21-/m1/s1. The van der Waals surface area contributed by atoms with E-state index in [1.54, 1.807) is 19.1 Å².